The lowest BCUT2D eigenvalue weighted by Crippen LogP contribution is -2.47. The number of hydrogen-bond donors (Lipinski definition) is 1. The molecule has 2 aliphatic rings. The Hall–Kier alpha value is -1.66. The minimum atomic E-state index is 0.169. The molecule has 0 aromatic carbocycles. The summed E-state index contributed by atoms with van der Waals surface area (Å²) in [4.78, 5) is 11.4. The summed E-state index contributed by atoms with van der Waals surface area (Å²) in [6.07, 6.45) is 4.58. The minimum Gasteiger partial charge on any atom is -0.373 e. The Morgan fingerprint density at radius 1 is 1.48 bits per heavy atom. The Morgan fingerprint density at radius 2 is 2.38 bits per heavy atom. The van der Waals surface area contributed by atoms with Crippen LogP contribution in [0.5, 0.6) is 0 Å². The number of aromatic nitrogens is 3. The van der Waals surface area contributed by atoms with Gasteiger partial charge in [0.05, 0.1) is 19.3 Å². The molecule has 6 heteroatoms. The lowest BCUT2D eigenvalue weighted by atomic mass is 10.2. The van der Waals surface area contributed by atoms with Crippen molar-refractivity contribution in [2.45, 2.75) is 38.5 Å². The zero-order valence-corrected chi connectivity index (χ0v) is 12.3. The lowest BCUT2D eigenvalue weighted by molar-refractivity contribution is -0.0545. The molecule has 2 aromatic rings. The second-order valence-electron chi connectivity index (χ2n) is 6.18. The summed E-state index contributed by atoms with van der Waals surface area (Å²) in [7, 11) is 0. The van der Waals surface area contributed by atoms with Crippen molar-refractivity contribution in [3.63, 3.8) is 0 Å². The van der Waals surface area contributed by atoms with Crippen molar-refractivity contribution in [2.75, 3.05) is 25.4 Å². The van der Waals surface area contributed by atoms with E-state index in [0.29, 0.717) is 12.0 Å². The molecule has 0 bridgehead atoms. The van der Waals surface area contributed by atoms with Crippen LogP contribution in [-0.4, -0.2) is 51.3 Å². The van der Waals surface area contributed by atoms with Gasteiger partial charge >= 0.3 is 0 Å². The van der Waals surface area contributed by atoms with Crippen LogP contribution in [0.3, 0.4) is 0 Å². The highest BCUT2D eigenvalue weighted by atomic mass is 16.5. The number of pyridine rings is 1. The number of morpholine rings is 1. The van der Waals surface area contributed by atoms with Crippen molar-refractivity contribution in [3.05, 3.63) is 17.8 Å². The number of rotatable bonds is 2. The molecule has 2 atom stereocenters. The first-order valence-electron chi connectivity index (χ1n) is 7.65. The van der Waals surface area contributed by atoms with Crippen molar-refractivity contribution in [1.82, 2.24) is 19.4 Å². The molecule has 2 aliphatic heterocycles. The Labute approximate surface area is 123 Å². The van der Waals surface area contributed by atoms with E-state index in [1.807, 2.05) is 23.8 Å². The van der Waals surface area contributed by atoms with E-state index in [0.717, 1.165) is 36.4 Å². The summed E-state index contributed by atoms with van der Waals surface area (Å²) < 4.78 is 8.00. The first-order valence-corrected chi connectivity index (χ1v) is 7.65. The van der Waals surface area contributed by atoms with Gasteiger partial charge in [-0.1, -0.05) is 0 Å². The molecule has 4 rings (SSSR count). The highest BCUT2D eigenvalue weighted by molar-refractivity contribution is 5.74. The molecule has 2 fully saturated rings. The van der Waals surface area contributed by atoms with E-state index < -0.39 is 0 Å². The SMILES string of the molecule is Cc1cnc2c(c1)nc(N)n2CC1CN2CCCC2CO1. The molecular formula is C15H21N5O. The number of fused-ring (bicyclic) bond motifs is 2. The van der Waals surface area contributed by atoms with Gasteiger partial charge in [-0.25, -0.2) is 9.97 Å². The number of aryl methyl sites for hydroxylation is 1. The summed E-state index contributed by atoms with van der Waals surface area (Å²) in [6, 6.07) is 2.65. The van der Waals surface area contributed by atoms with Crippen LogP contribution in [0.2, 0.25) is 0 Å². The number of nitrogens with zero attached hydrogens (tertiary/aromatic N) is 4. The van der Waals surface area contributed by atoms with Crippen molar-refractivity contribution >= 4 is 17.1 Å². The second-order valence-corrected chi connectivity index (χ2v) is 6.18. The molecular weight excluding hydrogens is 266 g/mol. The van der Waals surface area contributed by atoms with E-state index in [1.54, 1.807) is 0 Å². The largest absolute Gasteiger partial charge is 0.373 e. The Balaban J connectivity index is 1.58. The monoisotopic (exact) mass is 287 g/mol. The molecule has 112 valence electrons. The maximum atomic E-state index is 6.07. The van der Waals surface area contributed by atoms with E-state index in [1.165, 1.54) is 19.4 Å². The average molecular weight is 287 g/mol. The third-order valence-corrected chi connectivity index (χ3v) is 4.60. The van der Waals surface area contributed by atoms with E-state index in [2.05, 4.69) is 14.9 Å². The van der Waals surface area contributed by atoms with Gasteiger partial charge in [-0.3, -0.25) is 9.47 Å². The van der Waals surface area contributed by atoms with Gasteiger partial charge in [0.2, 0.25) is 5.95 Å². The van der Waals surface area contributed by atoms with Crippen molar-refractivity contribution in [3.8, 4) is 0 Å². The Bertz CT molecular complexity index is 667. The van der Waals surface area contributed by atoms with E-state index >= 15 is 0 Å². The van der Waals surface area contributed by atoms with E-state index in [9.17, 15) is 0 Å². The van der Waals surface area contributed by atoms with Crippen LogP contribution in [0.4, 0.5) is 5.95 Å². The first-order chi connectivity index (χ1) is 10.2. The molecule has 2 aromatic heterocycles. The minimum absolute atomic E-state index is 0.169. The molecule has 21 heavy (non-hydrogen) atoms. The zero-order valence-electron chi connectivity index (χ0n) is 12.3. The smallest absolute Gasteiger partial charge is 0.202 e. The second kappa shape index (κ2) is 4.96. The maximum absolute atomic E-state index is 6.07. The third kappa shape index (κ3) is 2.28. The molecule has 0 amide bonds. The first kappa shape index (κ1) is 13.0. The summed E-state index contributed by atoms with van der Waals surface area (Å²) in [5.74, 6) is 0.523. The topological polar surface area (TPSA) is 69.2 Å². The highest BCUT2D eigenvalue weighted by Crippen LogP contribution is 2.24. The fourth-order valence-electron chi connectivity index (χ4n) is 3.51. The van der Waals surface area contributed by atoms with Crippen LogP contribution in [-0.2, 0) is 11.3 Å². The van der Waals surface area contributed by atoms with Gasteiger partial charge in [-0.2, -0.15) is 0 Å². The summed E-state index contributed by atoms with van der Waals surface area (Å²) in [5, 5.41) is 0. The quantitative estimate of drug-likeness (QED) is 0.898. The summed E-state index contributed by atoms with van der Waals surface area (Å²) in [6.45, 7) is 5.75. The molecule has 2 N–H and O–H groups in total. The molecule has 0 aliphatic carbocycles. The predicted molar refractivity (Wildman–Crippen MR) is 81.0 cm³/mol. The van der Waals surface area contributed by atoms with Crippen LogP contribution in [0.1, 0.15) is 18.4 Å². The summed E-state index contributed by atoms with van der Waals surface area (Å²) in [5.41, 5.74) is 8.88. The van der Waals surface area contributed by atoms with Gasteiger partial charge in [0.1, 0.15) is 5.52 Å². The van der Waals surface area contributed by atoms with Gasteiger partial charge in [0, 0.05) is 18.8 Å². The number of imidazole rings is 1. The normalized spacial score (nSPS) is 26.3. The van der Waals surface area contributed by atoms with Crippen LogP contribution in [0, 0.1) is 6.92 Å². The van der Waals surface area contributed by atoms with Crippen molar-refractivity contribution in [2.24, 2.45) is 0 Å². The molecule has 0 radical (unpaired) electrons. The molecule has 0 saturated carbocycles. The number of ether oxygens (including phenoxy) is 1. The molecule has 4 heterocycles. The number of nitrogens with two attached hydrogens (primary N) is 1. The average Bonchev–Trinajstić information content (AvgIpc) is 3.03. The van der Waals surface area contributed by atoms with Gasteiger partial charge in [-0.05, 0) is 37.9 Å². The highest BCUT2D eigenvalue weighted by Gasteiger charge is 2.32. The molecule has 2 unspecified atom stereocenters. The van der Waals surface area contributed by atoms with Crippen molar-refractivity contribution < 1.29 is 4.74 Å². The van der Waals surface area contributed by atoms with E-state index in [4.69, 9.17) is 10.5 Å². The predicted octanol–water partition coefficient (Wildman–Crippen LogP) is 1.19. The van der Waals surface area contributed by atoms with Crippen LogP contribution in [0.25, 0.3) is 11.2 Å². The molecule has 6 nitrogen and oxygen atoms in total. The standard InChI is InChI=1S/C15H21N5O/c1-10-5-13-14(17-6-10)20(15(16)18-13)8-12-7-19-4-2-3-11(19)9-21-12/h5-6,11-12H,2-4,7-9H2,1H3,(H2,16,18). The van der Waals surface area contributed by atoms with Crippen LogP contribution >= 0.6 is 0 Å². The lowest BCUT2D eigenvalue weighted by Gasteiger charge is -2.35. The van der Waals surface area contributed by atoms with Gasteiger partial charge in [0.15, 0.2) is 5.65 Å². The van der Waals surface area contributed by atoms with Crippen LogP contribution in [0.15, 0.2) is 12.3 Å². The fraction of sp³-hybridized carbons (Fsp3) is 0.600. The Morgan fingerprint density at radius 3 is 3.29 bits per heavy atom. The van der Waals surface area contributed by atoms with Gasteiger partial charge < -0.3 is 10.5 Å². The van der Waals surface area contributed by atoms with Crippen molar-refractivity contribution in [1.29, 1.82) is 0 Å². The molecule has 0 spiro atoms. The number of anilines is 1. The fourth-order valence-corrected chi connectivity index (χ4v) is 3.51. The zero-order chi connectivity index (χ0) is 14.4. The van der Waals surface area contributed by atoms with Crippen LogP contribution < -0.4 is 5.73 Å². The summed E-state index contributed by atoms with van der Waals surface area (Å²) >= 11 is 0. The third-order valence-electron chi connectivity index (χ3n) is 4.60. The van der Waals surface area contributed by atoms with E-state index in [-0.39, 0.29) is 6.10 Å². The number of nitrogen functional groups attached to an aromatic ring is 1. The van der Waals surface area contributed by atoms with Gasteiger partial charge in [-0.15, -0.1) is 0 Å². The Kier molecular flexibility index (Phi) is 3.08. The maximum Gasteiger partial charge on any atom is 0.202 e. The molecule has 2 saturated heterocycles. The van der Waals surface area contributed by atoms with Gasteiger partial charge in [0.25, 0.3) is 0 Å². The number of hydrogen-bond acceptors (Lipinski definition) is 5.